The van der Waals surface area contributed by atoms with Gasteiger partial charge in [-0.2, -0.15) is 0 Å². The van der Waals surface area contributed by atoms with E-state index in [-0.39, 0.29) is 54.0 Å². The van der Waals surface area contributed by atoms with Gasteiger partial charge in [-0.05, 0) is 36.1 Å². The van der Waals surface area contributed by atoms with E-state index in [1.165, 1.54) is 6.07 Å². The molecule has 4 N–H and O–H groups in total. The van der Waals surface area contributed by atoms with Crippen LogP contribution in [0.3, 0.4) is 0 Å². The van der Waals surface area contributed by atoms with Crippen molar-refractivity contribution in [1.82, 2.24) is 14.9 Å². The maximum absolute atomic E-state index is 12.4. The van der Waals surface area contributed by atoms with Crippen molar-refractivity contribution in [2.75, 3.05) is 32.8 Å². The molecule has 0 aromatic carbocycles. The number of nitrogens with one attached hydrogen (secondary N) is 2. The van der Waals surface area contributed by atoms with Crippen LogP contribution in [0.5, 0.6) is 0 Å². The lowest BCUT2D eigenvalue weighted by Gasteiger charge is -2.50. The number of likely N-dealkylation sites (tertiary alicyclic amines) is 1. The lowest BCUT2D eigenvalue weighted by molar-refractivity contribution is -0.144. The van der Waals surface area contributed by atoms with Crippen LogP contribution in [0.2, 0.25) is 0 Å². The molecule has 1 aliphatic heterocycles. The number of carbonyl (C=O) groups excluding carboxylic acids is 2. The molecule has 29 heavy (non-hydrogen) atoms. The van der Waals surface area contributed by atoms with Crippen molar-refractivity contribution in [2.45, 2.75) is 17.1 Å². The lowest BCUT2D eigenvalue weighted by Crippen LogP contribution is -2.57. The van der Waals surface area contributed by atoms with Crippen LogP contribution < -0.4 is 10.0 Å². The number of hydrogen-bond acceptors (Lipinski definition) is 7. The first kappa shape index (κ1) is 23.3. The van der Waals surface area contributed by atoms with Crippen LogP contribution in [-0.2, 0) is 24.4 Å². The number of carbonyl (C=O) groups is 3. The van der Waals surface area contributed by atoms with Crippen molar-refractivity contribution < 1.29 is 33.0 Å². The normalized spacial score (nSPS) is 23.1. The van der Waals surface area contributed by atoms with Crippen LogP contribution in [-0.4, -0.2) is 74.6 Å². The van der Waals surface area contributed by atoms with Crippen LogP contribution in [0.25, 0.3) is 0 Å². The summed E-state index contributed by atoms with van der Waals surface area (Å²) < 4.78 is 26.7. The number of nitrogens with zero attached hydrogens (tertiary/aromatic N) is 1. The number of fused-ring (bicyclic) bond motifs is 1. The average Bonchev–Trinajstić information content (AvgIpc) is 3.22. The minimum absolute atomic E-state index is 0.0759. The smallest absolute Gasteiger partial charge is 0.290 e. The third-order valence-corrected chi connectivity index (χ3v) is 7.95. The SMILES string of the molecule is O=C(NCCO)[C@@H]1C[C@H]2CCN(C(=O)CNS(=O)(=O)c3cccs3)C[C@H]21.O=CO. The van der Waals surface area contributed by atoms with Crippen molar-refractivity contribution in [3.63, 3.8) is 0 Å². The largest absolute Gasteiger partial charge is 0.483 e. The minimum atomic E-state index is -3.66. The van der Waals surface area contributed by atoms with Gasteiger partial charge in [-0.1, -0.05) is 6.07 Å². The molecule has 2 amide bonds. The highest BCUT2D eigenvalue weighted by Gasteiger charge is 2.48. The van der Waals surface area contributed by atoms with Gasteiger partial charge < -0.3 is 20.4 Å². The van der Waals surface area contributed by atoms with Gasteiger partial charge >= 0.3 is 0 Å². The molecule has 1 aromatic heterocycles. The van der Waals surface area contributed by atoms with Crippen molar-refractivity contribution in [2.24, 2.45) is 17.8 Å². The maximum atomic E-state index is 12.4. The predicted molar refractivity (Wildman–Crippen MR) is 105 cm³/mol. The van der Waals surface area contributed by atoms with Crippen LogP contribution in [0.4, 0.5) is 0 Å². The van der Waals surface area contributed by atoms with Crippen LogP contribution in [0.1, 0.15) is 12.8 Å². The molecule has 1 aromatic rings. The fourth-order valence-corrected chi connectivity index (χ4v) is 5.69. The lowest BCUT2D eigenvalue weighted by atomic mass is 9.61. The molecule has 0 unspecified atom stereocenters. The second kappa shape index (κ2) is 10.7. The Labute approximate surface area is 173 Å². The number of carboxylic acid groups (broad SMARTS) is 1. The average molecular weight is 448 g/mol. The van der Waals surface area contributed by atoms with E-state index < -0.39 is 10.0 Å². The number of sulfonamides is 1. The number of hydrogen-bond donors (Lipinski definition) is 4. The van der Waals surface area contributed by atoms with Gasteiger partial charge in [0.05, 0.1) is 13.2 Å². The highest BCUT2D eigenvalue weighted by atomic mass is 32.2. The molecule has 2 heterocycles. The third kappa shape index (κ3) is 5.98. The van der Waals surface area contributed by atoms with Gasteiger partial charge in [0.2, 0.25) is 11.8 Å². The van der Waals surface area contributed by atoms with E-state index in [4.69, 9.17) is 15.0 Å². The Bertz CT molecular complexity index is 798. The molecule has 3 rings (SSSR count). The second-order valence-electron chi connectivity index (χ2n) is 6.77. The van der Waals surface area contributed by atoms with Crippen molar-refractivity contribution in [1.29, 1.82) is 0 Å². The van der Waals surface area contributed by atoms with Crippen LogP contribution in [0, 0.1) is 17.8 Å². The molecule has 1 saturated heterocycles. The van der Waals surface area contributed by atoms with Crippen LogP contribution in [0.15, 0.2) is 21.7 Å². The Balaban J connectivity index is 0.000000941. The van der Waals surface area contributed by atoms with Gasteiger partial charge in [0, 0.05) is 25.6 Å². The summed E-state index contributed by atoms with van der Waals surface area (Å²) in [5.41, 5.74) is 0. The molecule has 0 spiro atoms. The standard InChI is InChI=1S/C16H23N3O5S2.CH2O2/c20-6-4-17-16(22)12-8-11-3-5-19(10-13(11)12)14(21)9-18-26(23,24)15-2-1-7-25-15;2-1-3/h1-2,7,11-13,18,20H,3-6,8-10H2,(H,17,22);1H,(H,2,3)/t11-,12-,13-;/m1./s1. The van der Waals surface area contributed by atoms with E-state index in [9.17, 15) is 18.0 Å². The molecule has 162 valence electrons. The van der Waals surface area contributed by atoms with Gasteiger partial charge in [0.1, 0.15) is 4.21 Å². The summed E-state index contributed by atoms with van der Waals surface area (Å²) in [6.07, 6.45) is 1.65. The molecular formula is C17H25N3O7S2. The molecule has 0 radical (unpaired) electrons. The number of amides is 2. The molecule has 2 fully saturated rings. The molecule has 10 nitrogen and oxygen atoms in total. The number of rotatable bonds is 7. The van der Waals surface area contributed by atoms with E-state index in [0.29, 0.717) is 19.0 Å². The summed E-state index contributed by atoms with van der Waals surface area (Å²) in [6, 6.07) is 3.14. The second-order valence-corrected chi connectivity index (χ2v) is 9.71. The van der Waals surface area contributed by atoms with Crippen LogP contribution >= 0.6 is 11.3 Å². The van der Waals surface area contributed by atoms with Gasteiger partial charge in [-0.25, -0.2) is 13.1 Å². The zero-order valence-corrected chi connectivity index (χ0v) is 17.3. The Morgan fingerprint density at radius 2 is 2.10 bits per heavy atom. The van der Waals surface area contributed by atoms with Gasteiger partial charge in [-0.3, -0.25) is 14.4 Å². The molecule has 1 aliphatic carbocycles. The Kier molecular flexibility index (Phi) is 8.56. The number of aliphatic hydroxyl groups is 1. The highest BCUT2D eigenvalue weighted by Crippen LogP contribution is 2.45. The molecule has 2 aliphatic rings. The summed E-state index contributed by atoms with van der Waals surface area (Å²) in [6.45, 7) is 0.674. The van der Waals surface area contributed by atoms with E-state index in [1.807, 2.05) is 0 Å². The maximum Gasteiger partial charge on any atom is 0.290 e. The van der Waals surface area contributed by atoms with Gasteiger partial charge in [-0.15, -0.1) is 11.3 Å². The van der Waals surface area contributed by atoms with Gasteiger partial charge in [0.15, 0.2) is 0 Å². The van der Waals surface area contributed by atoms with Crippen molar-refractivity contribution >= 4 is 39.6 Å². The molecule has 12 heteroatoms. The summed E-state index contributed by atoms with van der Waals surface area (Å²) in [7, 11) is -3.66. The topological polar surface area (TPSA) is 153 Å². The molecule has 1 saturated carbocycles. The monoisotopic (exact) mass is 447 g/mol. The first-order valence-electron chi connectivity index (χ1n) is 9.11. The minimum Gasteiger partial charge on any atom is -0.483 e. The summed E-state index contributed by atoms with van der Waals surface area (Å²) in [5, 5.41) is 20.0. The van der Waals surface area contributed by atoms with E-state index >= 15 is 0 Å². The Morgan fingerprint density at radius 3 is 2.72 bits per heavy atom. The molecular weight excluding hydrogens is 422 g/mol. The number of aliphatic hydroxyl groups excluding tert-OH is 1. The number of thiophene rings is 1. The van der Waals surface area contributed by atoms with E-state index in [0.717, 1.165) is 24.2 Å². The summed E-state index contributed by atoms with van der Waals surface area (Å²) >= 11 is 1.10. The predicted octanol–water partition coefficient (Wildman–Crippen LogP) is -0.680. The third-order valence-electron chi connectivity index (χ3n) is 5.15. The Hall–Kier alpha value is -2.02. The van der Waals surface area contributed by atoms with Crippen molar-refractivity contribution in [3.8, 4) is 0 Å². The fraction of sp³-hybridized carbons (Fsp3) is 0.588. The first-order chi connectivity index (χ1) is 13.8. The fourth-order valence-electron chi connectivity index (χ4n) is 3.68. The zero-order chi connectivity index (χ0) is 21.4. The first-order valence-corrected chi connectivity index (χ1v) is 11.5. The molecule has 0 bridgehead atoms. The van der Waals surface area contributed by atoms with E-state index in [1.54, 1.807) is 16.3 Å². The number of piperidine rings is 1. The molecule has 3 atom stereocenters. The van der Waals surface area contributed by atoms with Gasteiger partial charge in [0.25, 0.3) is 16.5 Å². The Morgan fingerprint density at radius 1 is 1.38 bits per heavy atom. The summed E-state index contributed by atoms with van der Waals surface area (Å²) in [5.74, 6) is 0.0648. The van der Waals surface area contributed by atoms with E-state index in [2.05, 4.69) is 10.0 Å². The highest BCUT2D eigenvalue weighted by molar-refractivity contribution is 7.91. The quantitative estimate of drug-likeness (QED) is 0.404. The van der Waals surface area contributed by atoms with Crippen molar-refractivity contribution in [3.05, 3.63) is 17.5 Å². The zero-order valence-electron chi connectivity index (χ0n) is 15.7. The summed E-state index contributed by atoms with van der Waals surface area (Å²) in [4.78, 5) is 34.5.